The van der Waals surface area contributed by atoms with E-state index < -0.39 is 11.7 Å². The van der Waals surface area contributed by atoms with E-state index in [2.05, 4.69) is 15.3 Å². The molecule has 0 saturated carbocycles. The molecule has 0 bridgehead atoms. The largest absolute Gasteiger partial charge is 0.444 e. The van der Waals surface area contributed by atoms with Crippen molar-refractivity contribution in [2.75, 3.05) is 12.8 Å². The quantitative estimate of drug-likeness (QED) is 0.513. The summed E-state index contributed by atoms with van der Waals surface area (Å²) in [6.07, 6.45) is 9.72. The second-order valence-corrected chi connectivity index (χ2v) is 5.90. The molecule has 0 aromatic carbocycles. The minimum Gasteiger partial charge on any atom is -0.444 e. The minimum absolute atomic E-state index is 0.390. The molecule has 5 nitrogen and oxygen atoms in total. The summed E-state index contributed by atoms with van der Waals surface area (Å²) in [5.74, 6) is 0. The van der Waals surface area contributed by atoms with E-state index in [9.17, 15) is 4.79 Å². The highest BCUT2D eigenvalue weighted by Crippen LogP contribution is 2.08. The predicted octanol–water partition coefficient (Wildman–Crippen LogP) is 3.13. The van der Waals surface area contributed by atoms with Crippen LogP contribution in [0.25, 0.3) is 6.08 Å². The highest BCUT2D eigenvalue weighted by atomic mass is 32.2. The van der Waals surface area contributed by atoms with Crippen LogP contribution in [0.15, 0.2) is 23.6 Å². The number of thioether (sulfide) groups is 1. The third-order valence-corrected chi connectivity index (χ3v) is 2.70. The number of ether oxygens (including phenoxy) is 1. The van der Waals surface area contributed by atoms with Crippen LogP contribution in [-0.2, 0) is 4.74 Å². The molecule has 0 spiro atoms. The second-order valence-electron chi connectivity index (χ2n) is 5.12. The molecule has 1 aromatic heterocycles. The smallest absolute Gasteiger partial charge is 0.407 e. The highest BCUT2D eigenvalue weighted by Gasteiger charge is 2.15. The molecule has 1 rings (SSSR count). The Kier molecular flexibility index (Phi) is 6.51. The summed E-state index contributed by atoms with van der Waals surface area (Å²) in [6.45, 7) is 6.05. The Labute approximate surface area is 124 Å². The third kappa shape index (κ3) is 7.13. The number of hydrogen-bond acceptors (Lipinski definition) is 5. The second kappa shape index (κ2) is 7.89. The molecular weight excluding hydrogens is 274 g/mol. The molecule has 110 valence electrons. The van der Waals surface area contributed by atoms with Crippen molar-refractivity contribution in [3.63, 3.8) is 0 Å². The number of carbonyl (C=O) groups is 1. The van der Waals surface area contributed by atoms with E-state index in [1.807, 2.05) is 39.2 Å². The number of nitrogens with one attached hydrogen (secondary N) is 1. The van der Waals surface area contributed by atoms with Gasteiger partial charge in [-0.3, -0.25) is 0 Å². The van der Waals surface area contributed by atoms with Gasteiger partial charge in [0.25, 0.3) is 0 Å². The first-order valence-corrected chi connectivity index (χ1v) is 7.62. The van der Waals surface area contributed by atoms with Gasteiger partial charge in [0.1, 0.15) is 5.60 Å². The van der Waals surface area contributed by atoms with Crippen molar-refractivity contribution in [2.24, 2.45) is 0 Å². The average Bonchev–Trinajstić information content (AvgIpc) is 2.37. The summed E-state index contributed by atoms with van der Waals surface area (Å²) in [4.78, 5) is 19.7. The molecule has 1 N–H and O–H groups in total. The lowest BCUT2D eigenvalue weighted by molar-refractivity contribution is 0.0529. The van der Waals surface area contributed by atoms with E-state index in [1.54, 1.807) is 12.4 Å². The molecule has 0 aliphatic heterocycles. The lowest BCUT2D eigenvalue weighted by Gasteiger charge is -2.19. The Balaban J connectivity index is 2.26. The Morgan fingerprint density at radius 3 is 2.60 bits per heavy atom. The van der Waals surface area contributed by atoms with Gasteiger partial charge in [-0.25, -0.2) is 14.8 Å². The lowest BCUT2D eigenvalue weighted by Crippen LogP contribution is -2.32. The van der Waals surface area contributed by atoms with Gasteiger partial charge in [-0.15, -0.1) is 0 Å². The maximum absolute atomic E-state index is 11.4. The van der Waals surface area contributed by atoms with Crippen molar-refractivity contribution in [2.45, 2.75) is 37.9 Å². The maximum Gasteiger partial charge on any atom is 0.407 e. The van der Waals surface area contributed by atoms with Crippen LogP contribution in [0, 0.1) is 0 Å². The van der Waals surface area contributed by atoms with Gasteiger partial charge in [-0.1, -0.05) is 23.9 Å². The van der Waals surface area contributed by atoms with Crippen LogP contribution in [0.3, 0.4) is 0 Å². The van der Waals surface area contributed by atoms with E-state index in [-0.39, 0.29) is 0 Å². The number of aromatic nitrogens is 2. The van der Waals surface area contributed by atoms with Crippen LogP contribution >= 0.6 is 11.8 Å². The minimum atomic E-state index is -0.462. The summed E-state index contributed by atoms with van der Waals surface area (Å²) in [5, 5.41) is 3.45. The first-order valence-electron chi connectivity index (χ1n) is 6.40. The van der Waals surface area contributed by atoms with E-state index >= 15 is 0 Å². The van der Waals surface area contributed by atoms with E-state index in [0.717, 1.165) is 17.1 Å². The fourth-order valence-electron chi connectivity index (χ4n) is 1.31. The summed E-state index contributed by atoms with van der Waals surface area (Å²) in [6, 6.07) is 0. The lowest BCUT2D eigenvalue weighted by atomic mass is 10.2. The number of nitrogens with zero attached hydrogens (tertiary/aromatic N) is 2. The van der Waals surface area contributed by atoms with Crippen molar-refractivity contribution in [1.82, 2.24) is 15.3 Å². The molecular formula is C14H21N3O2S. The molecule has 0 radical (unpaired) electrons. The van der Waals surface area contributed by atoms with Crippen molar-refractivity contribution in [3.8, 4) is 0 Å². The van der Waals surface area contributed by atoms with Gasteiger partial charge in [-0.05, 0) is 33.4 Å². The molecule has 1 amide bonds. The van der Waals surface area contributed by atoms with Crippen molar-refractivity contribution < 1.29 is 9.53 Å². The number of carbonyl (C=O) groups excluding carboxylic acids is 1. The number of alkyl carbamates (subject to hydrolysis) is 1. The fraction of sp³-hybridized carbons (Fsp3) is 0.500. The molecule has 0 fully saturated rings. The van der Waals surface area contributed by atoms with Gasteiger partial charge in [0.2, 0.25) is 0 Å². The van der Waals surface area contributed by atoms with Crippen LogP contribution in [0.2, 0.25) is 0 Å². The number of amides is 1. The molecule has 1 heterocycles. The predicted molar refractivity (Wildman–Crippen MR) is 81.7 cm³/mol. The van der Waals surface area contributed by atoms with Crippen LogP contribution in [-0.4, -0.2) is 34.5 Å². The summed E-state index contributed by atoms with van der Waals surface area (Å²) in [5.41, 5.74) is 0.483. The van der Waals surface area contributed by atoms with Crippen LogP contribution in [0.4, 0.5) is 4.79 Å². The molecule has 0 unspecified atom stereocenters. The zero-order chi connectivity index (χ0) is 15.0. The topological polar surface area (TPSA) is 64.1 Å². The van der Waals surface area contributed by atoms with Gasteiger partial charge < -0.3 is 10.1 Å². The van der Waals surface area contributed by atoms with E-state index in [0.29, 0.717) is 6.54 Å². The van der Waals surface area contributed by atoms with Crippen LogP contribution in [0.5, 0.6) is 0 Å². The Bertz CT molecular complexity index is 452. The molecule has 0 saturated heterocycles. The Morgan fingerprint density at radius 2 is 2.05 bits per heavy atom. The zero-order valence-electron chi connectivity index (χ0n) is 12.3. The monoisotopic (exact) mass is 295 g/mol. The van der Waals surface area contributed by atoms with Crippen molar-refractivity contribution in [1.29, 1.82) is 0 Å². The van der Waals surface area contributed by atoms with Gasteiger partial charge >= 0.3 is 6.09 Å². The molecule has 0 aliphatic carbocycles. The number of hydrogen-bond donors (Lipinski definition) is 1. The molecule has 6 heteroatoms. The fourth-order valence-corrected chi connectivity index (χ4v) is 1.63. The molecule has 1 aromatic rings. The summed E-state index contributed by atoms with van der Waals surface area (Å²) in [7, 11) is 0. The standard InChI is InChI=1S/C14H21N3O2S/c1-14(2,3)19-13(18)15-8-6-5-7-11-9-16-12(20-4)17-10-11/h5,7,9-10H,6,8H2,1-4H3,(H,15,18). The normalized spacial score (nSPS) is 11.6. The van der Waals surface area contributed by atoms with Crippen LogP contribution < -0.4 is 5.32 Å². The van der Waals surface area contributed by atoms with E-state index in [1.165, 1.54) is 11.8 Å². The summed E-state index contributed by atoms with van der Waals surface area (Å²) >= 11 is 1.51. The molecule has 0 atom stereocenters. The van der Waals surface area contributed by atoms with E-state index in [4.69, 9.17) is 4.74 Å². The molecule has 20 heavy (non-hydrogen) atoms. The first kappa shape index (κ1) is 16.5. The van der Waals surface area contributed by atoms with Gasteiger partial charge in [-0.2, -0.15) is 0 Å². The SMILES string of the molecule is CSc1ncc(C=CCCNC(=O)OC(C)(C)C)cn1. The summed E-state index contributed by atoms with van der Waals surface area (Å²) < 4.78 is 5.13. The third-order valence-electron chi connectivity index (χ3n) is 2.12. The highest BCUT2D eigenvalue weighted by molar-refractivity contribution is 7.98. The van der Waals surface area contributed by atoms with Gasteiger partial charge in [0.05, 0.1) is 0 Å². The maximum atomic E-state index is 11.4. The van der Waals surface area contributed by atoms with Crippen molar-refractivity contribution >= 4 is 23.9 Å². The zero-order valence-corrected chi connectivity index (χ0v) is 13.2. The number of rotatable bonds is 5. The van der Waals surface area contributed by atoms with Crippen LogP contribution in [0.1, 0.15) is 32.8 Å². The molecule has 0 aliphatic rings. The average molecular weight is 295 g/mol. The van der Waals surface area contributed by atoms with Gasteiger partial charge in [0.15, 0.2) is 5.16 Å². The van der Waals surface area contributed by atoms with Crippen molar-refractivity contribution in [3.05, 3.63) is 24.0 Å². The van der Waals surface area contributed by atoms with Gasteiger partial charge in [0, 0.05) is 24.5 Å². The Hall–Kier alpha value is -1.56. The first-order chi connectivity index (χ1) is 9.40. The Morgan fingerprint density at radius 1 is 1.40 bits per heavy atom.